The maximum atomic E-state index is 13.9. The first-order valence-corrected chi connectivity index (χ1v) is 14.6. The highest BCUT2D eigenvalue weighted by atomic mass is 32.2. The zero-order chi connectivity index (χ0) is 31.0. The molecule has 0 radical (unpaired) electrons. The largest absolute Gasteiger partial charge is 0.418 e. The summed E-state index contributed by atoms with van der Waals surface area (Å²) >= 11 is 0. The summed E-state index contributed by atoms with van der Waals surface area (Å²) in [7, 11) is -4.11. The van der Waals surface area contributed by atoms with Crippen molar-refractivity contribution in [1.82, 2.24) is 4.98 Å². The first kappa shape index (κ1) is 30.0. The standard InChI is InChI=1S/C33H23F6NO2S/c1-2-14-43(41,42)27-18-24(17-26(19-27)32(34,35)36)22-10-6-11-23(16-22)30-25(15-21-8-4-3-5-9-21)20-40-31-28(30)12-7-13-29(31)33(37,38)39/h2-13,16-20H,1,14-15H2. The van der Waals surface area contributed by atoms with Gasteiger partial charge in [-0.05, 0) is 70.1 Å². The molecule has 0 atom stereocenters. The van der Waals surface area contributed by atoms with Gasteiger partial charge < -0.3 is 0 Å². The van der Waals surface area contributed by atoms with Gasteiger partial charge in [-0.2, -0.15) is 26.3 Å². The number of sulfone groups is 1. The molecule has 5 aromatic rings. The van der Waals surface area contributed by atoms with E-state index in [0.717, 1.165) is 29.8 Å². The number of aromatic nitrogens is 1. The Bertz CT molecular complexity index is 1930. The van der Waals surface area contributed by atoms with Gasteiger partial charge in [0.2, 0.25) is 0 Å². The van der Waals surface area contributed by atoms with Crippen LogP contribution in [-0.2, 0) is 28.6 Å². The fourth-order valence-electron chi connectivity index (χ4n) is 5.00. The smallest absolute Gasteiger partial charge is 0.255 e. The van der Waals surface area contributed by atoms with E-state index in [2.05, 4.69) is 11.6 Å². The molecule has 0 saturated carbocycles. The monoisotopic (exact) mass is 611 g/mol. The number of fused-ring (bicyclic) bond motifs is 1. The minimum absolute atomic E-state index is 0.0155. The number of para-hydroxylation sites is 1. The maximum absolute atomic E-state index is 13.9. The summed E-state index contributed by atoms with van der Waals surface area (Å²) in [6, 6.07) is 21.9. The predicted octanol–water partition coefficient (Wildman–Crippen LogP) is 9.16. The van der Waals surface area contributed by atoms with Crippen LogP contribution in [0.15, 0.2) is 115 Å². The number of alkyl halides is 6. The predicted molar refractivity (Wildman–Crippen MR) is 154 cm³/mol. The summed E-state index contributed by atoms with van der Waals surface area (Å²) in [5.41, 5.74) is 0.270. The van der Waals surface area contributed by atoms with Crippen LogP contribution in [0, 0.1) is 0 Å². The van der Waals surface area contributed by atoms with E-state index >= 15 is 0 Å². The Morgan fingerprint density at radius 3 is 2.12 bits per heavy atom. The molecule has 220 valence electrons. The molecule has 1 aromatic heterocycles. The average molecular weight is 612 g/mol. The summed E-state index contributed by atoms with van der Waals surface area (Å²) < 4.78 is 109. The molecule has 0 spiro atoms. The van der Waals surface area contributed by atoms with Gasteiger partial charge in [-0.25, -0.2) is 8.42 Å². The van der Waals surface area contributed by atoms with Crippen molar-refractivity contribution >= 4 is 20.7 Å². The first-order valence-electron chi connectivity index (χ1n) is 13.0. The van der Waals surface area contributed by atoms with Crippen molar-refractivity contribution in [3.63, 3.8) is 0 Å². The molecule has 10 heteroatoms. The Morgan fingerprint density at radius 2 is 1.44 bits per heavy atom. The topological polar surface area (TPSA) is 47.0 Å². The van der Waals surface area contributed by atoms with Crippen molar-refractivity contribution < 1.29 is 34.8 Å². The lowest BCUT2D eigenvalue weighted by molar-refractivity contribution is -0.138. The first-order chi connectivity index (χ1) is 20.3. The van der Waals surface area contributed by atoms with Crippen LogP contribution < -0.4 is 0 Å². The second-order valence-corrected chi connectivity index (χ2v) is 11.9. The van der Waals surface area contributed by atoms with Gasteiger partial charge in [-0.3, -0.25) is 4.98 Å². The second-order valence-electron chi connectivity index (χ2n) is 9.92. The Balaban J connectivity index is 1.76. The summed E-state index contributed by atoms with van der Waals surface area (Å²) in [5, 5.41) is 0.221. The number of nitrogens with zero attached hydrogens (tertiary/aromatic N) is 1. The zero-order valence-electron chi connectivity index (χ0n) is 22.4. The Kier molecular flexibility index (Phi) is 7.91. The van der Waals surface area contributed by atoms with Gasteiger partial charge in [0.05, 0.1) is 27.3 Å². The van der Waals surface area contributed by atoms with Crippen LogP contribution in [0.5, 0.6) is 0 Å². The Hall–Kier alpha value is -4.44. The highest BCUT2D eigenvalue weighted by Crippen LogP contribution is 2.41. The molecule has 0 aliphatic heterocycles. The van der Waals surface area contributed by atoms with Crippen molar-refractivity contribution in [2.24, 2.45) is 0 Å². The molecular weight excluding hydrogens is 588 g/mol. The molecule has 43 heavy (non-hydrogen) atoms. The third kappa shape index (κ3) is 6.34. The minimum Gasteiger partial charge on any atom is -0.255 e. The molecule has 3 nitrogen and oxygen atoms in total. The van der Waals surface area contributed by atoms with E-state index in [1.54, 1.807) is 18.2 Å². The average Bonchev–Trinajstić information content (AvgIpc) is 2.96. The van der Waals surface area contributed by atoms with E-state index in [9.17, 15) is 34.8 Å². The summed E-state index contributed by atoms with van der Waals surface area (Å²) in [6.45, 7) is 3.38. The van der Waals surface area contributed by atoms with Gasteiger partial charge in [0, 0.05) is 11.6 Å². The van der Waals surface area contributed by atoms with Crippen LogP contribution in [0.2, 0.25) is 0 Å². The molecule has 0 amide bonds. The van der Waals surface area contributed by atoms with Gasteiger partial charge in [0.25, 0.3) is 0 Å². The number of halogens is 6. The van der Waals surface area contributed by atoms with E-state index in [1.165, 1.54) is 24.4 Å². The number of hydrogen-bond donors (Lipinski definition) is 0. The molecule has 0 bridgehead atoms. The van der Waals surface area contributed by atoms with Crippen LogP contribution in [0.4, 0.5) is 26.3 Å². The molecule has 5 rings (SSSR count). The van der Waals surface area contributed by atoms with Crippen molar-refractivity contribution in [1.29, 1.82) is 0 Å². The second kappa shape index (κ2) is 11.3. The lowest BCUT2D eigenvalue weighted by atomic mass is 9.90. The number of pyridine rings is 1. The zero-order valence-corrected chi connectivity index (χ0v) is 23.2. The normalized spacial score (nSPS) is 12.4. The van der Waals surface area contributed by atoms with Crippen LogP contribution in [0.3, 0.4) is 0 Å². The third-order valence-electron chi connectivity index (χ3n) is 6.93. The van der Waals surface area contributed by atoms with Gasteiger partial charge >= 0.3 is 12.4 Å². The van der Waals surface area contributed by atoms with Crippen molar-refractivity contribution in [2.45, 2.75) is 23.7 Å². The molecule has 0 unspecified atom stereocenters. The number of hydrogen-bond acceptors (Lipinski definition) is 3. The van der Waals surface area contributed by atoms with Gasteiger partial charge in [0.1, 0.15) is 0 Å². The summed E-state index contributed by atoms with van der Waals surface area (Å²) in [6.07, 6.45) is -6.69. The van der Waals surface area contributed by atoms with Gasteiger partial charge in [-0.1, -0.05) is 66.7 Å². The van der Waals surface area contributed by atoms with E-state index in [1.807, 2.05) is 30.3 Å². The lowest BCUT2D eigenvalue weighted by Crippen LogP contribution is -2.10. The van der Waals surface area contributed by atoms with Crippen LogP contribution >= 0.6 is 0 Å². The SMILES string of the molecule is C=CCS(=O)(=O)c1cc(-c2cccc(-c3c(Cc4ccccc4)cnc4c(C(F)(F)F)cccc34)c2)cc(C(F)(F)F)c1. The summed E-state index contributed by atoms with van der Waals surface area (Å²) in [5.74, 6) is -0.554. The van der Waals surface area contributed by atoms with Crippen molar-refractivity contribution in [3.8, 4) is 22.3 Å². The van der Waals surface area contributed by atoms with Crippen LogP contribution in [-0.4, -0.2) is 19.2 Å². The molecule has 1 heterocycles. The highest BCUT2D eigenvalue weighted by Gasteiger charge is 2.34. The van der Waals surface area contributed by atoms with Crippen LogP contribution in [0.25, 0.3) is 33.2 Å². The highest BCUT2D eigenvalue weighted by molar-refractivity contribution is 7.91. The van der Waals surface area contributed by atoms with E-state index in [0.29, 0.717) is 29.2 Å². The molecule has 0 aliphatic carbocycles. The van der Waals surface area contributed by atoms with Crippen molar-refractivity contribution in [2.75, 3.05) is 5.75 Å². The Labute approximate surface area is 244 Å². The van der Waals surface area contributed by atoms with E-state index < -0.39 is 44.0 Å². The molecule has 4 aromatic carbocycles. The van der Waals surface area contributed by atoms with E-state index in [-0.39, 0.29) is 22.0 Å². The minimum atomic E-state index is -4.83. The number of rotatable bonds is 7. The summed E-state index contributed by atoms with van der Waals surface area (Å²) in [4.78, 5) is 3.67. The van der Waals surface area contributed by atoms with E-state index in [4.69, 9.17) is 0 Å². The van der Waals surface area contributed by atoms with Gasteiger partial charge in [-0.15, -0.1) is 6.58 Å². The lowest BCUT2D eigenvalue weighted by Gasteiger charge is -2.17. The molecular formula is C33H23F6NO2S. The van der Waals surface area contributed by atoms with Gasteiger partial charge in [0.15, 0.2) is 9.84 Å². The quantitative estimate of drug-likeness (QED) is 0.136. The van der Waals surface area contributed by atoms with Crippen molar-refractivity contribution in [3.05, 3.63) is 132 Å². The fourth-order valence-corrected chi connectivity index (χ4v) is 6.11. The molecule has 0 N–H and O–H groups in total. The third-order valence-corrected chi connectivity index (χ3v) is 8.56. The maximum Gasteiger partial charge on any atom is 0.418 e. The Morgan fingerprint density at radius 1 is 0.744 bits per heavy atom. The number of benzene rings is 4. The van der Waals surface area contributed by atoms with Crippen LogP contribution in [0.1, 0.15) is 22.3 Å². The molecule has 0 saturated heterocycles. The fraction of sp³-hybridized carbons (Fsp3) is 0.121. The molecule has 0 fully saturated rings. The molecule has 0 aliphatic rings.